The molecule has 0 aliphatic heterocycles. The van der Waals surface area contributed by atoms with Crippen molar-refractivity contribution in [2.45, 2.75) is 31.7 Å². The van der Waals surface area contributed by atoms with Gasteiger partial charge in [0.05, 0.1) is 13.7 Å². The van der Waals surface area contributed by atoms with Gasteiger partial charge in [-0.15, -0.1) is 0 Å². The minimum absolute atomic E-state index is 0.0388. The highest BCUT2D eigenvalue weighted by Crippen LogP contribution is 2.38. The normalized spacial score (nSPS) is 14.5. The van der Waals surface area contributed by atoms with Gasteiger partial charge in [-0.3, -0.25) is 0 Å². The summed E-state index contributed by atoms with van der Waals surface area (Å²) in [6.45, 7) is 0.409. The molecule has 3 aromatic heterocycles. The fourth-order valence-electron chi connectivity index (χ4n) is 3.82. The first kappa shape index (κ1) is 18.4. The molecule has 0 N–H and O–H groups in total. The lowest BCUT2D eigenvalue weighted by atomic mass is 9.85. The van der Waals surface area contributed by atoms with Crippen LogP contribution >= 0.6 is 15.9 Å². The Balaban J connectivity index is 1.73. The van der Waals surface area contributed by atoms with Crippen molar-refractivity contribution in [3.8, 4) is 5.88 Å². The number of benzene rings is 1. The lowest BCUT2D eigenvalue weighted by Gasteiger charge is -2.25. The SMILES string of the molecule is COc1cc(Cn2c(C3CCC3)nc3c(Br)ccnc32)c2ccc(F)c(F)c2n1. The molecule has 0 spiro atoms. The molecule has 1 aromatic carbocycles. The van der Waals surface area contributed by atoms with Crippen LogP contribution in [0.5, 0.6) is 5.88 Å². The Kier molecular flexibility index (Phi) is 4.46. The summed E-state index contributed by atoms with van der Waals surface area (Å²) >= 11 is 3.56. The first-order valence-electron chi connectivity index (χ1n) is 9.39. The minimum Gasteiger partial charge on any atom is -0.481 e. The van der Waals surface area contributed by atoms with Crippen molar-refractivity contribution in [3.63, 3.8) is 0 Å². The standard InChI is InChI=1S/C21H17BrF2N4O/c1-29-16-9-12(13-5-6-15(23)17(24)18(13)26-16)10-28-20(11-3-2-4-11)27-19-14(22)7-8-25-21(19)28/h5-9,11H,2-4,10H2,1H3. The summed E-state index contributed by atoms with van der Waals surface area (Å²) < 4.78 is 36.4. The summed E-state index contributed by atoms with van der Waals surface area (Å²) in [5, 5.41) is 0.543. The molecule has 8 heteroatoms. The van der Waals surface area contributed by atoms with E-state index >= 15 is 0 Å². The number of methoxy groups -OCH3 is 1. The van der Waals surface area contributed by atoms with E-state index in [-0.39, 0.29) is 11.4 Å². The fraction of sp³-hybridized carbons (Fsp3) is 0.286. The second kappa shape index (κ2) is 7.02. The number of pyridine rings is 2. The van der Waals surface area contributed by atoms with E-state index in [9.17, 15) is 8.78 Å². The highest BCUT2D eigenvalue weighted by molar-refractivity contribution is 9.10. The van der Waals surface area contributed by atoms with Crippen LogP contribution in [0.4, 0.5) is 8.78 Å². The highest BCUT2D eigenvalue weighted by atomic mass is 79.9. The number of ether oxygens (including phenoxy) is 1. The first-order chi connectivity index (χ1) is 14.1. The zero-order valence-electron chi connectivity index (χ0n) is 15.6. The average Bonchev–Trinajstić information content (AvgIpc) is 3.03. The molecule has 5 rings (SSSR count). The monoisotopic (exact) mass is 458 g/mol. The lowest BCUT2D eigenvalue weighted by molar-refractivity contribution is 0.390. The highest BCUT2D eigenvalue weighted by Gasteiger charge is 2.27. The van der Waals surface area contributed by atoms with E-state index in [1.54, 1.807) is 18.3 Å². The summed E-state index contributed by atoms with van der Waals surface area (Å²) in [5.41, 5.74) is 2.29. The largest absolute Gasteiger partial charge is 0.481 e. The van der Waals surface area contributed by atoms with Crippen molar-refractivity contribution in [2.24, 2.45) is 0 Å². The van der Waals surface area contributed by atoms with Crippen molar-refractivity contribution in [1.29, 1.82) is 0 Å². The Hall–Kier alpha value is -2.61. The molecule has 1 fully saturated rings. The maximum atomic E-state index is 14.4. The van der Waals surface area contributed by atoms with E-state index in [1.807, 2.05) is 6.07 Å². The second-order valence-corrected chi connectivity index (χ2v) is 8.08. The van der Waals surface area contributed by atoms with E-state index in [4.69, 9.17) is 9.72 Å². The van der Waals surface area contributed by atoms with Gasteiger partial charge in [-0.2, -0.15) is 0 Å². The van der Waals surface area contributed by atoms with Crippen LogP contribution in [0.3, 0.4) is 0 Å². The fourth-order valence-corrected chi connectivity index (χ4v) is 4.21. The lowest BCUT2D eigenvalue weighted by Crippen LogP contribution is -2.16. The van der Waals surface area contributed by atoms with Crippen LogP contribution in [-0.2, 0) is 6.54 Å². The van der Waals surface area contributed by atoms with Crippen molar-refractivity contribution >= 4 is 38.0 Å². The van der Waals surface area contributed by atoms with Crippen LogP contribution < -0.4 is 4.74 Å². The Labute approximate surface area is 173 Å². The van der Waals surface area contributed by atoms with Crippen molar-refractivity contribution in [2.75, 3.05) is 7.11 Å². The van der Waals surface area contributed by atoms with Crippen LogP contribution in [0.15, 0.2) is 34.9 Å². The number of halogens is 3. The summed E-state index contributed by atoms with van der Waals surface area (Å²) in [4.78, 5) is 13.5. The Morgan fingerprint density at radius 1 is 1.17 bits per heavy atom. The number of fused-ring (bicyclic) bond motifs is 2. The van der Waals surface area contributed by atoms with E-state index in [0.29, 0.717) is 17.8 Å². The second-order valence-electron chi connectivity index (χ2n) is 7.23. The molecule has 0 bridgehead atoms. The Bertz CT molecular complexity index is 1250. The predicted octanol–water partition coefficient (Wildman–Crippen LogP) is 5.34. The van der Waals surface area contributed by atoms with E-state index in [2.05, 4.69) is 30.5 Å². The van der Waals surface area contributed by atoms with Crippen molar-refractivity contribution in [1.82, 2.24) is 19.5 Å². The van der Waals surface area contributed by atoms with Crippen LogP contribution in [0.25, 0.3) is 22.1 Å². The molecule has 148 valence electrons. The number of hydrogen-bond acceptors (Lipinski definition) is 4. The number of nitrogens with zero attached hydrogens (tertiary/aromatic N) is 4. The zero-order chi connectivity index (χ0) is 20.1. The number of imidazole rings is 1. The first-order valence-corrected chi connectivity index (χ1v) is 10.2. The van der Waals surface area contributed by atoms with E-state index in [0.717, 1.165) is 45.9 Å². The number of hydrogen-bond donors (Lipinski definition) is 0. The van der Waals surface area contributed by atoms with Gasteiger partial charge in [0.2, 0.25) is 5.88 Å². The van der Waals surface area contributed by atoms with Crippen LogP contribution in [0.2, 0.25) is 0 Å². The van der Waals surface area contributed by atoms with Gasteiger partial charge in [-0.05, 0) is 52.5 Å². The van der Waals surface area contributed by atoms with Crippen LogP contribution in [0, 0.1) is 11.6 Å². The van der Waals surface area contributed by atoms with Crippen molar-refractivity contribution < 1.29 is 13.5 Å². The quantitative estimate of drug-likeness (QED) is 0.413. The van der Waals surface area contributed by atoms with Gasteiger partial charge in [0.25, 0.3) is 0 Å². The molecule has 1 aliphatic carbocycles. The Morgan fingerprint density at radius 2 is 2.00 bits per heavy atom. The van der Waals surface area contributed by atoms with Gasteiger partial charge < -0.3 is 9.30 Å². The van der Waals surface area contributed by atoms with E-state index < -0.39 is 11.6 Å². The number of rotatable bonds is 4. The zero-order valence-corrected chi connectivity index (χ0v) is 17.2. The maximum Gasteiger partial charge on any atom is 0.213 e. The van der Waals surface area contributed by atoms with Gasteiger partial charge >= 0.3 is 0 Å². The molecular weight excluding hydrogens is 442 g/mol. The van der Waals surface area contributed by atoms with Gasteiger partial charge in [-0.25, -0.2) is 23.7 Å². The third kappa shape index (κ3) is 2.97. The minimum atomic E-state index is -0.974. The van der Waals surface area contributed by atoms with Gasteiger partial charge in [0, 0.05) is 28.0 Å². The molecule has 5 nitrogen and oxygen atoms in total. The summed E-state index contributed by atoms with van der Waals surface area (Å²) in [7, 11) is 1.46. The van der Waals surface area contributed by atoms with Gasteiger partial charge in [0.1, 0.15) is 16.9 Å². The molecule has 1 aliphatic rings. The molecule has 0 atom stereocenters. The molecule has 4 aromatic rings. The summed E-state index contributed by atoms with van der Waals surface area (Å²) in [6, 6.07) is 6.31. The smallest absolute Gasteiger partial charge is 0.213 e. The summed E-state index contributed by atoms with van der Waals surface area (Å²) in [5.74, 6) is -0.325. The molecule has 0 amide bonds. The molecule has 1 saturated carbocycles. The molecular formula is C21H17BrF2N4O. The molecule has 29 heavy (non-hydrogen) atoms. The molecule has 0 saturated heterocycles. The topological polar surface area (TPSA) is 52.8 Å². The molecule has 3 heterocycles. The molecule has 0 unspecified atom stereocenters. The Morgan fingerprint density at radius 3 is 2.72 bits per heavy atom. The third-order valence-electron chi connectivity index (χ3n) is 5.56. The van der Waals surface area contributed by atoms with E-state index in [1.165, 1.54) is 13.5 Å². The van der Waals surface area contributed by atoms with Crippen LogP contribution in [0.1, 0.15) is 36.6 Å². The predicted molar refractivity (Wildman–Crippen MR) is 109 cm³/mol. The van der Waals surface area contributed by atoms with Gasteiger partial charge in [0.15, 0.2) is 17.3 Å². The summed E-state index contributed by atoms with van der Waals surface area (Å²) in [6.07, 6.45) is 5.08. The number of aromatic nitrogens is 4. The van der Waals surface area contributed by atoms with Crippen LogP contribution in [-0.4, -0.2) is 26.6 Å². The van der Waals surface area contributed by atoms with Crippen molar-refractivity contribution in [3.05, 3.63) is 58.0 Å². The molecule has 0 radical (unpaired) electrons. The third-order valence-corrected chi connectivity index (χ3v) is 6.20. The average molecular weight is 459 g/mol. The van der Waals surface area contributed by atoms with Gasteiger partial charge in [-0.1, -0.05) is 6.42 Å². The maximum absolute atomic E-state index is 14.4.